The predicted octanol–water partition coefficient (Wildman–Crippen LogP) is 3.66. The molecule has 1 saturated carbocycles. The third-order valence-corrected chi connectivity index (χ3v) is 8.46. The lowest BCUT2D eigenvalue weighted by molar-refractivity contribution is -0.114. The van der Waals surface area contributed by atoms with Gasteiger partial charge in [-0.05, 0) is 69.0 Å². The van der Waals surface area contributed by atoms with Gasteiger partial charge in [-0.3, -0.25) is 9.69 Å². The fourth-order valence-electron chi connectivity index (χ4n) is 4.46. The van der Waals surface area contributed by atoms with Gasteiger partial charge < -0.3 is 5.32 Å². The van der Waals surface area contributed by atoms with Gasteiger partial charge in [0.1, 0.15) is 0 Å². The number of nitrogens with one attached hydrogen (secondary N) is 2. The molecule has 1 heterocycles. The number of benzene rings is 2. The summed E-state index contributed by atoms with van der Waals surface area (Å²) in [5, 5.41) is 3.22. The Labute approximate surface area is 203 Å². The van der Waals surface area contributed by atoms with Crippen molar-refractivity contribution in [2.75, 3.05) is 13.1 Å². The van der Waals surface area contributed by atoms with Crippen molar-refractivity contribution >= 4 is 22.0 Å². The van der Waals surface area contributed by atoms with Gasteiger partial charge in [0.25, 0.3) is 5.91 Å². The van der Waals surface area contributed by atoms with Gasteiger partial charge in [0.2, 0.25) is 10.0 Å². The van der Waals surface area contributed by atoms with E-state index in [1.54, 1.807) is 6.08 Å². The molecule has 182 valence electrons. The predicted molar refractivity (Wildman–Crippen MR) is 137 cm³/mol. The number of nitrogens with zero attached hydrogens (tertiary/aromatic N) is 1. The number of carbonyl (C=O) groups excluding carboxylic acids is 1. The van der Waals surface area contributed by atoms with Crippen LogP contribution in [0.1, 0.15) is 55.7 Å². The van der Waals surface area contributed by atoms with E-state index in [1.165, 1.54) is 50.3 Å². The highest BCUT2D eigenvalue weighted by Gasteiger charge is 2.39. The maximum Gasteiger partial charge on any atom is 0.257 e. The molecule has 4 rings (SSSR count). The molecule has 2 fully saturated rings. The Hall–Kier alpha value is -2.48. The van der Waals surface area contributed by atoms with Gasteiger partial charge in [-0.2, -0.15) is 0 Å². The maximum atomic E-state index is 11.9. The molecule has 2 N–H and O–H groups in total. The number of hydrogen-bond acceptors (Lipinski definition) is 5. The minimum Gasteiger partial charge on any atom is -0.311 e. The van der Waals surface area contributed by atoms with E-state index >= 15 is 0 Å². The van der Waals surface area contributed by atoms with Crippen molar-refractivity contribution in [1.82, 2.24) is 14.9 Å². The first kappa shape index (κ1) is 24.6. The summed E-state index contributed by atoms with van der Waals surface area (Å²) in [6.45, 7) is 6.16. The summed E-state index contributed by atoms with van der Waals surface area (Å²) in [6, 6.07) is 20.1. The van der Waals surface area contributed by atoms with Gasteiger partial charge in [-0.25, -0.2) is 13.1 Å². The first-order chi connectivity index (χ1) is 16.3. The summed E-state index contributed by atoms with van der Waals surface area (Å²) in [5.74, 6) is 0.0491. The van der Waals surface area contributed by atoms with Crippen LogP contribution in [0, 0.1) is 0 Å². The van der Waals surface area contributed by atoms with E-state index in [9.17, 15) is 13.2 Å². The van der Waals surface area contributed by atoms with Crippen LogP contribution in [-0.4, -0.2) is 49.6 Å². The van der Waals surface area contributed by atoms with Crippen molar-refractivity contribution in [2.24, 2.45) is 0 Å². The molecule has 1 saturated heterocycles. The van der Waals surface area contributed by atoms with Crippen molar-refractivity contribution < 1.29 is 13.2 Å². The summed E-state index contributed by atoms with van der Waals surface area (Å²) in [7, 11) is -3.61. The smallest absolute Gasteiger partial charge is 0.257 e. The average Bonchev–Trinajstić information content (AvgIpc) is 3.59. The van der Waals surface area contributed by atoms with Crippen LogP contribution in [0.25, 0.3) is 6.08 Å². The van der Waals surface area contributed by atoms with E-state index < -0.39 is 21.2 Å². The minimum atomic E-state index is -3.61. The second kappa shape index (κ2) is 10.8. The molecule has 0 spiro atoms. The molecular formula is C27H35N3O3S. The van der Waals surface area contributed by atoms with Crippen LogP contribution in [0.2, 0.25) is 0 Å². The molecule has 1 aliphatic carbocycles. The number of carbonyl (C=O) groups is 1. The Bertz CT molecular complexity index is 1090. The van der Waals surface area contributed by atoms with Gasteiger partial charge in [0, 0.05) is 30.6 Å². The summed E-state index contributed by atoms with van der Waals surface area (Å²) < 4.78 is 25.6. The summed E-state index contributed by atoms with van der Waals surface area (Å²) in [4.78, 5) is 14.4. The van der Waals surface area contributed by atoms with Crippen molar-refractivity contribution in [3.8, 4) is 0 Å². The highest BCUT2D eigenvalue weighted by atomic mass is 32.2. The Morgan fingerprint density at radius 2 is 1.74 bits per heavy atom. The van der Waals surface area contributed by atoms with Crippen LogP contribution in [0.3, 0.4) is 0 Å². The van der Waals surface area contributed by atoms with Crippen LogP contribution in [-0.2, 0) is 21.4 Å². The molecule has 2 atom stereocenters. The van der Waals surface area contributed by atoms with E-state index in [0.29, 0.717) is 18.0 Å². The molecule has 2 aromatic carbocycles. The number of amides is 1. The third kappa shape index (κ3) is 6.78. The van der Waals surface area contributed by atoms with E-state index in [4.69, 9.17) is 0 Å². The van der Waals surface area contributed by atoms with Crippen molar-refractivity contribution in [2.45, 2.75) is 62.9 Å². The zero-order valence-corrected chi connectivity index (χ0v) is 20.8. The first-order valence-electron chi connectivity index (χ1n) is 12.2. The van der Waals surface area contributed by atoms with Crippen LogP contribution in [0.15, 0.2) is 60.7 Å². The Morgan fingerprint density at radius 1 is 1.06 bits per heavy atom. The third-order valence-electron chi connectivity index (χ3n) is 6.73. The van der Waals surface area contributed by atoms with Crippen LogP contribution >= 0.6 is 0 Å². The van der Waals surface area contributed by atoms with E-state index in [0.717, 1.165) is 25.2 Å². The molecule has 6 nitrogen and oxygen atoms in total. The standard InChI is InChI=1S/C27H35N3O3S/c1-20(2)34(32,33)29-27(31)13-12-21-8-10-22(11-9-21)19-30-16-14-24(15-17-30)28-26-18-25(26)23-6-4-3-5-7-23/h3-13,20,24-26,28H,14-19H2,1-2H3,(H,29,31)/t25-,26+/m0/s1. The minimum absolute atomic E-state index is 0.605. The molecular weight excluding hydrogens is 446 g/mol. The van der Waals surface area contributed by atoms with Gasteiger partial charge in [-0.15, -0.1) is 0 Å². The number of piperidine rings is 1. The molecule has 7 heteroatoms. The van der Waals surface area contributed by atoms with E-state index in [1.807, 2.05) is 12.1 Å². The van der Waals surface area contributed by atoms with E-state index in [-0.39, 0.29) is 0 Å². The van der Waals surface area contributed by atoms with Gasteiger partial charge >= 0.3 is 0 Å². The number of sulfonamides is 1. The topological polar surface area (TPSA) is 78.5 Å². The SMILES string of the molecule is CC(C)S(=O)(=O)NC(=O)C=Cc1ccc(CN2CCC(N[C@@H]3C[C@H]3c3ccccc3)CC2)cc1. The monoisotopic (exact) mass is 481 g/mol. The Kier molecular flexibility index (Phi) is 7.86. The number of rotatable bonds is 9. The zero-order valence-electron chi connectivity index (χ0n) is 20.0. The lowest BCUT2D eigenvalue weighted by Crippen LogP contribution is -2.43. The highest BCUT2D eigenvalue weighted by Crippen LogP contribution is 2.41. The van der Waals surface area contributed by atoms with E-state index in [2.05, 4.69) is 57.4 Å². The highest BCUT2D eigenvalue weighted by molar-refractivity contribution is 7.90. The Morgan fingerprint density at radius 3 is 2.38 bits per heavy atom. The van der Waals surface area contributed by atoms with Crippen molar-refractivity contribution in [1.29, 1.82) is 0 Å². The molecule has 0 bridgehead atoms. The first-order valence-corrected chi connectivity index (χ1v) is 13.7. The Balaban J connectivity index is 1.19. The van der Waals surface area contributed by atoms with Gasteiger partial charge in [0.15, 0.2) is 0 Å². The number of likely N-dealkylation sites (tertiary alicyclic amines) is 1. The normalized spacial score (nSPS) is 21.7. The summed E-state index contributed by atoms with van der Waals surface area (Å²) in [5.41, 5.74) is 3.56. The molecule has 1 amide bonds. The van der Waals surface area contributed by atoms with Crippen LogP contribution in [0.5, 0.6) is 0 Å². The van der Waals surface area contributed by atoms with Crippen LogP contribution in [0.4, 0.5) is 0 Å². The van der Waals surface area contributed by atoms with Crippen molar-refractivity contribution in [3.63, 3.8) is 0 Å². The quantitative estimate of drug-likeness (QED) is 0.535. The van der Waals surface area contributed by atoms with Gasteiger partial charge in [0.05, 0.1) is 5.25 Å². The fraction of sp³-hybridized carbons (Fsp3) is 0.444. The zero-order chi connectivity index (χ0) is 24.1. The average molecular weight is 482 g/mol. The summed E-state index contributed by atoms with van der Waals surface area (Å²) >= 11 is 0. The van der Waals surface area contributed by atoms with Crippen LogP contribution < -0.4 is 10.0 Å². The molecule has 2 aliphatic rings. The lowest BCUT2D eigenvalue weighted by Gasteiger charge is -2.32. The second-order valence-corrected chi connectivity index (χ2v) is 11.9. The molecule has 0 aromatic heterocycles. The molecule has 0 radical (unpaired) electrons. The fourth-order valence-corrected chi connectivity index (χ4v) is 5.05. The van der Waals surface area contributed by atoms with Crippen molar-refractivity contribution in [3.05, 3.63) is 77.4 Å². The molecule has 34 heavy (non-hydrogen) atoms. The molecule has 1 aliphatic heterocycles. The largest absolute Gasteiger partial charge is 0.311 e. The molecule has 0 unspecified atom stereocenters. The summed E-state index contributed by atoms with van der Waals surface area (Å²) in [6.07, 6.45) is 6.49. The lowest BCUT2D eigenvalue weighted by atomic mass is 10.0. The maximum absolute atomic E-state index is 11.9. The number of hydrogen-bond donors (Lipinski definition) is 2. The second-order valence-electron chi connectivity index (χ2n) is 9.71. The van der Waals surface area contributed by atoms with Gasteiger partial charge in [-0.1, -0.05) is 54.6 Å². The molecule has 2 aromatic rings.